The standard InChI is InChI=1S/C16H18N6O3S2/c1-22(7-11-17-9-4-6-26-13(9)14(24)18-11)8-12(23)19-16-21-20-15(27-16)10-3-2-5-25-10/h4,6,10H,2-3,5,7-8H2,1H3,(H,17,18,24)(H,19,21,23). The lowest BCUT2D eigenvalue weighted by molar-refractivity contribution is -0.117. The maximum atomic E-state index is 12.2. The van der Waals surface area contributed by atoms with Crippen molar-refractivity contribution in [3.8, 4) is 0 Å². The highest BCUT2D eigenvalue weighted by atomic mass is 32.1. The number of thiophene rings is 1. The van der Waals surface area contributed by atoms with Gasteiger partial charge in [-0.25, -0.2) is 4.98 Å². The van der Waals surface area contributed by atoms with Crippen LogP contribution in [-0.4, -0.2) is 51.2 Å². The van der Waals surface area contributed by atoms with Gasteiger partial charge in [0.2, 0.25) is 11.0 Å². The van der Waals surface area contributed by atoms with E-state index >= 15 is 0 Å². The van der Waals surface area contributed by atoms with Gasteiger partial charge < -0.3 is 9.72 Å². The van der Waals surface area contributed by atoms with Crippen LogP contribution in [-0.2, 0) is 16.1 Å². The largest absolute Gasteiger partial charge is 0.371 e. The number of aromatic amines is 1. The van der Waals surface area contributed by atoms with E-state index in [1.54, 1.807) is 11.9 Å². The van der Waals surface area contributed by atoms with Crippen LogP contribution in [0, 0.1) is 0 Å². The predicted molar refractivity (Wildman–Crippen MR) is 103 cm³/mol. The summed E-state index contributed by atoms with van der Waals surface area (Å²) in [7, 11) is 1.79. The van der Waals surface area contributed by atoms with Crippen LogP contribution in [0.15, 0.2) is 16.2 Å². The molecule has 1 aliphatic rings. The molecule has 4 rings (SSSR count). The van der Waals surface area contributed by atoms with Crippen molar-refractivity contribution in [2.75, 3.05) is 25.5 Å². The number of anilines is 1. The number of rotatable bonds is 6. The number of hydrogen-bond acceptors (Lipinski definition) is 9. The lowest BCUT2D eigenvalue weighted by Crippen LogP contribution is -2.31. The van der Waals surface area contributed by atoms with Crippen LogP contribution < -0.4 is 10.9 Å². The summed E-state index contributed by atoms with van der Waals surface area (Å²) in [6, 6.07) is 1.81. The third-order valence-electron chi connectivity index (χ3n) is 4.09. The normalized spacial score (nSPS) is 17.0. The lowest BCUT2D eigenvalue weighted by Gasteiger charge is -2.14. The molecule has 1 atom stereocenters. The second kappa shape index (κ2) is 7.80. The van der Waals surface area contributed by atoms with Crippen LogP contribution in [0.1, 0.15) is 29.8 Å². The Morgan fingerprint density at radius 2 is 2.37 bits per heavy atom. The third kappa shape index (κ3) is 4.21. The molecule has 27 heavy (non-hydrogen) atoms. The third-order valence-corrected chi connectivity index (χ3v) is 5.92. The van der Waals surface area contributed by atoms with Crippen LogP contribution in [0.4, 0.5) is 5.13 Å². The molecule has 4 heterocycles. The zero-order valence-corrected chi connectivity index (χ0v) is 16.2. The number of ether oxygens (including phenoxy) is 1. The van der Waals surface area contributed by atoms with Gasteiger partial charge in [-0.3, -0.25) is 19.8 Å². The molecule has 0 aromatic carbocycles. The summed E-state index contributed by atoms with van der Waals surface area (Å²) in [6.45, 7) is 1.23. The van der Waals surface area contributed by atoms with E-state index in [1.165, 1.54) is 22.7 Å². The zero-order chi connectivity index (χ0) is 18.8. The van der Waals surface area contributed by atoms with E-state index < -0.39 is 0 Å². The van der Waals surface area contributed by atoms with Crippen molar-refractivity contribution in [2.45, 2.75) is 25.5 Å². The molecule has 0 spiro atoms. The van der Waals surface area contributed by atoms with Gasteiger partial charge in [0.25, 0.3) is 5.56 Å². The Bertz CT molecular complexity index is 1010. The van der Waals surface area contributed by atoms with Crippen molar-refractivity contribution in [3.05, 3.63) is 32.6 Å². The predicted octanol–water partition coefficient (Wildman–Crippen LogP) is 1.76. The summed E-state index contributed by atoms with van der Waals surface area (Å²) in [4.78, 5) is 33.2. The first kappa shape index (κ1) is 18.2. The molecule has 142 valence electrons. The fourth-order valence-electron chi connectivity index (χ4n) is 2.90. The maximum Gasteiger partial charge on any atom is 0.268 e. The fraction of sp³-hybridized carbons (Fsp3) is 0.438. The molecule has 1 fully saturated rings. The van der Waals surface area contributed by atoms with Gasteiger partial charge in [0, 0.05) is 6.61 Å². The van der Waals surface area contributed by atoms with Crippen molar-refractivity contribution < 1.29 is 9.53 Å². The van der Waals surface area contributed by atoms with Crippen molar-refractivity contribution in [1.29, 1.82) is 0 Å². The monoisotopic (exact) mass is 406 g/mol. The molecule has 0 aliphatic carbocycles. The summed E-state index contributed by atoms with van der Waals surface area (Å²) >= 11 is 2.70. The number of nitrogens with one attached hydrogen (secondary N) is 2. The zero-order valence-electron chi connectivity index (χ0n) is 14.6. The van der Waals surface area contributed by atoms with E-state index in [-0.39, 0.29) is 24.1 Å². The molecule has 1 unspecified atom stereocenters. The molecule has 9 nitrogen and oxygen atoms in total. The van der Waals surface area contributed by atoms with Gasteiger partial charge >= 0.3 is 0 Å². The summed E-state index contributed by atoms with van der Waals surface area (Å²) in [5.74, 6) is 0.323. The van der Waals surface area contributed by atoms with E-state index in [4.69, 9.17) is 4.74 Å². The van der Waals surface area contributed by atoms with Crippen molar-refractivity contribution in [3.63, 3.8) is 0 Å². The number of carbonyl (C=O) groups is 1. The van der Waals surface area contributed by atoms with Gasteiger partial charge in [0.15, 0.2) is 0 Å². The number of carbonyl (C=O) groups excluding carboxylic acids is 1. The average molecular weight is 406 g/mol. The highest BCUT2D eigenvalue weighted by Crippen LogP contribution is 2.31. The minimum atomic E-state index is -0.202. The average Bonchev–Trinajstić information content (AvgIpc) is 3.35. The molecule has 3 aromatic rings. The van der Waals surface area contributed by atoms with Crippen LogP contribution in [0.25, 0.3) is 10.2 Å². The van der Waals surface area contributed by atoms with Gasteiger partial charge in [0.05, 0.1) is 18.6 Å². The molecule has 1 saturated heterocycles. The number of hydrogen-bond donors (Lipinski definition) is 2. The summed E-state index contributed by atoms with van der Waals surface area (Å²) < 4.78 is 6.18. The smallest absolute Gasteiger partial charge is 0.268 e. The van der Waals surface area contributed by atoms with Crippen molar-refractivity contribution in [2.24, 2.45) is 0 Å². The number of fused-ring (bicyclic) bond motifs is 1. The first-order valence-corrected chi connectivity index (χ1v) is 10.2. The number of likely N-dealkylation sites (N-methyl/N-ethyl adjacent to an activating group) is 1. The summed E-state index contributed by atoms with van der Waals surface area (Å²) in [6.07, 6.45) is 1.94. The molecule has 0 saturated carbocycles. The molecular formula is C16H18N6O3S2. The lowest BCUT2D eigenvalue weighted by atomic mass is 10.2. The van der Waals surface area contributed by atoms with Crippen molar-refractivity contribution >= 4 is 43.9 Å². The molecular weight excluding hydrogens is 388 g/mol. The highest BCUT2D eigenvalue weighted by Gasteiger charge is 2.22. The van der Waals surface area contributed by atoms with E-state index in [2.05, 4.69) is 25.5 Å². The minimum absolute atomic E-state index is 0.00857. The molecule has 0 bridgehead atoms. The molecule has 1 aliphatic heterocycles. The van der Waals surface area contributed by atoms with Crippen LogP contribution in [0.2, 0.25) is 0 Å². The highest BCUT2D eigenvalue weighted by molar-refractivity contribution is 7.17. The number of aromatic nitrogens is 4. The summed E-state index contributed by atoms with van der Waals surface area (Å²) in [5, 5.41) is 14.0. The number of amides is 1. The Morgan fingerprint density at radius 1 is 1.48 bits per heavy atom. The molecule has 1 amide bonds. The first-order chi connectivity index (χ1) is 13.1. The second-order valence-electron chi connectivity index (χ2n) is 6.32. The minimum Gasteiger partial charge on any atom is -0.371 e. The second-order valence-corrected chi connectivity index (χ2v) is 8.24. The quantitative estimate of drug-likeness (QED) is 0.641. The first-order valence-electron chi connectivity index (χ1n) is 8.48. The molecule has 11 heteroatoms. The Labute approximate surface area is 162 Å². The maximum absolute atomic E-state index is 12.2. The van der Waals surface area contributed by atoms with Gasteiger partial charge in [-0.2, -0.15) is 0 Å². The Hall–Kier alpha value is -2.21. The van der Waals surface area contributed by atoms with Gasteiger partial charge in [-0.1, -0.05) is 11.3 Å². The Balaban J connectivity index is 1.34. The number of nitrogens with zero attached hydrogens (tertiary/aromatic N) is 4. The van der Waals surface area contributed by atoms with E-state index in [0.29, 0.717) is 27.7 Å². The van der Waals surface area contributed by atoms with E-state index in [0.717, 1.165) is 24.5 Å². The van der Waals surface area contributed by atoms with Crippen LogP contribution >= 0.6 is 22.7 Å². The Morgan fingerprint density at radius 3 is 3.19 bits per heavy atom. The van der Waals surface area contributed by atoms with Crippen LogP contribution in [0.3, 0.4) is 0 Å². The van der Waals surface area contributed by atoms with E-state index in [9.17, 15) is 9.59 Å². The fourth-order valence-corrected chi connectivity index (χ4v) is 4.47. The van der Waals surface area contributed by atoms with Gasteiger partial charge in [0.1, 0.15) is 21.6 Å². The SMILES string of the molecule is CN(CC(=O)Nc1nnc(C2CCCO2)s1)Cc1nc2ccsc2c(=O)[nH]1. The van der Waals surface area contributed by atoms with Gasteiger partial charge in [-0.05, 0) is 31.3 Å². The molecule has 2 N–H and O–H groups in total. The topological polar surface area (TPSA) is 113 Å². The van der Waals surface area contributed by atoms with Crippen LogP contribution in [0.5, 0.6) is 0 Å². The van der Waals surface area contributed by atoms with E-state index in [1.807, 2.05) is 11.4 Å². The number of H-pyrrole nitrogens is 1. The molecule has 0 radical (unpaired) electrons. The molecule has 3 aromatic heterocycles. The van der Waals surface area contributed by atoms with Crippen molar-refractivity contribution in [1.82, 2.24) is 25.1 Å². The Kier molecular flexibility index (Phi) is 5.25. The van der Waals surface area contributed by atoms with Gasteiger partial charge in [-0.15, -0.1) is 21.5 Å². The summed E-state index contributed by atoms with van der Waals surface area (Å²) in [5.41, 5.74) is 0.519.